The summed E-state index contributed by atoms with van der Waals surface area (Å²) in [4.78, 5) is 0. The second kappa shape index (κ2) is 5.59. The highest BCUT2D eigenvalue weighted by molar-refractivity contribution is 9.10. The Morgan fingerprint density at radius 2 is 2.17 bits per heavy atom. The molecule has 1 N–H and O–H groups in total. The van der Waals surface area contributed by atoms with Gasteiger partial charge in [0.2, 0.25) is 0 Å². The van der Waals surface area contributed by atoms with Gasteiger partial charge >= 0.3 is 0 Å². The summed E-state index contributed by atoms with van der Waals surface area (Å²) >= 11 is 3.51. The molecule has 18 heavy (non-hydrogen) atoms. The molecule has 0 radical (unpaired) electrons. The highest BCUT2D eigenvalue weighted by atomic mass is 79.9. The van der Waals surface area contributed by atoms with Gasteiger partial charge in [0.15, 0.2) is 0 Å². The van der Waals surface area contributed by atoms with E-state index in [0.717, 1.165) is 15.8 Å². The molecule has 1 aliphatic carbocycles. The maximum atomic E-state index is 10.4. The van der Waals surface area contributed by atoms with E-state index in [1.54, 1.807) is 7.11 Å². The number of ether oxygens (including phenoxy) is 2. The van der Waals surface area contributed by atoms with Gasteiger partial charge in [0.25, 0.3) is 0 Å². The van der Waals surface area contributed by atoms with E-state index in [0.29, 0.717) is 25.9 Å². The summed E-state index contributed by atoms with van der Waals surface area (Å²) in [5.41, 5.74) is 0.446. The number of methoxy groups -OCH3 is 1. The average Bonchev–Trinajstić information content (AvgIpc) is 2.30. The van der Waals surface area contributed by atoms with E-state index in [-0.39, 0.29) is 6.10 Å². The molecule has 3 nitrogen and oxygen atoms in total. The molecule has 1 aromatic rings. The van der Waals surface area contributed by atoms with Crippen LogP contribution < -0.4 is 4.74 Å². The topological polar surface area (TPSA) is 38.7 Å². The standard InChI is InChI=1S/C14H19BrO3/c1-3-18-12-8-14(16,9-12)7-10-6-11(17-2)4-5-13(10)15/h4-6,12,16H,3,7-9H2,1-2H3. The molecule has 0 aliphatic heterocycles. The fraction of sp³-hybridized carbons (Fsp3) is 0.571. The Morgan fingerprint density at radius 3 is 2.78 bits per heavy atom. The predicted octanol–water partition coefficient (Wildman–Crippen LogP) is 2.93. The predicted molar refractivity (Wildman–Crippen MR) is 74.0 cm³/mol. The monoisotopic (exact) mass is 314 g/mol. The van der Waals surface area contributed by atoms with Crippen LogP contribution in [0.5, 0.6) is 5.75 Å². The summed E-state index contributed by atoms with van der Waals surface area (Å²) in [6.45, 7) is 2.69. The molecule has 4 heteroatoms. The molecule has 0 bridgehead atoms. The zero-order chi connectivity index (χ0) is 13.2. The smallest absolute Gasteiger partial charge is 0.119 e. The van der Waals surface area contributed by atoms with E-state index in [2.05, 4.69) is 15.9 Å². The van der Waals surface area contributed by atoms with E-state index in [4.69, 9.17) is 9.47 Å². The first-order chi connectivity index (χ1) is 8.56. The van der Waals surface area contributed by atoms with Crippen LogP contribution in [-0.4, -0.2) is 30.5 Å². The van der Waals surface area contributed by atoms with Crippen LogP contribution in [0.15, 0.2) is 22.7 Å². The van der Waals surface area contributed by atoms with Crippen LogP contribution in [0.4, 0.5) is 0 Å². The SMILES string of the molecule is CCOC1CC(O)(Cc2cc(OC)ccc2Br)C1. The lowest BCUT2D eigenvalue weighted by Gasteiger charge is -2.43. The van der Waals surface area contributed by atoms with Crippen molar-refractivity contribution in [3.8, 4) is 5.75 Å². The number of hydrogen-bond acceptors (Lipinski definition) is 3. The van der Waals surface area contributed by atoms with Gasteiger partial charge in [0, 0.05) is 30.3 Å². The molecule has 1 fully saturated rings. The minimum absolute atomic E-state index is 0.212. The van der Waals surface area contributed by atoms with E-state index < -0.39 is 5.60 Å². The lowest BCUT2D eigenvalue weighted by atomic mass is 9.73. The first kappa shape index (κ1) is 13.8. The summed E-state index contributed by atoms with van der Waals surface area (Å²) in [6.07, 6.45) is 2.27. The van der Waals surface area contributed by atoms with Crippen LogP contribution >= 0.6 is 15.9 Å². The van der Waals surface area contributed by atoms with Gasteiger partial charge in [-0.3, -0.25) is 0 Å². The van der Waals surface area contributed by atoms with Gasteiger partial charge < -0.3 is 14.6 Å². The molecule has 1 aliphatic rings. The first-order valence-electron chi connectivity index (χ1n) is 6.23. The van der Waals surface area contributed by atoms with E-state index >= 15 is 0 Å². The van der Waals surface area contributed by atoms with Crippen molar-refractivity contribution in [3.05, 3.63) is 28.2 Å². The van der Waals surface area contributed by atoms with Crippen LogP contribution in [0, 0.1) is 0 Å². The third-order valence-corrected chi connectivity index (χ3v) is 4.16. The van der Waals surface area contributed by atoms with Gasteiger partial charge in [-0.15, -0.1) is 0 Å². The van der Waals surface area contributed by atoms with E-state index in [1.165, 1.54) is 0 Å². The Balaban J connectivity index is 2.01. The van der Waals surface area contributed by atoms with Crippen LogP contribution in [0.25, 0.3) is 0 Å². The van der Waals surface area contributed by atoms with Crippen molar-refractivity contribution in [2.45, 2.75) is 37.9 Å². The Morgan fingerprint density at radius 1 is 1.44 bits per heavy atom. The summed E-state index contributed by atoms with van der Waals surface area (Å²) in [6, 6.07) is 5.83. The van der Waals surface area contributed by atoms with Crippen molar-refractivity contribution >= 4 is 15.9 Å². The number of halogens is 1. The first-order valence-corrected chi connectivity index (χ1v) is 7.02. The van der Waals surface area contributed by atoms with Crippen molar-refractivity contribution in [2.75, 3.05) is 13.7 Å². The van der Waals surface area contributed by atoms with Crippen molar-refractivity contribution in [2.24, 2.45) is 0 Å². The van der Waals surface area contributed by atoms with Crippen LogP contribution in [0.2, 0.25) is 0 Å². The molecule has 0 saturated heterocycles. The maximum Gasteiger partial charge on any atom is 0.119 e. The zero-order valence-corrected chi connectivity index (χ0v) is 12.4. The highest BCUT2D eigenvalue weighted by Crippen LogP contribution is 2.39. The largest absolute Gasteiger partial charge is 0.497 e. The molecule has 0 heterocycles. The van der Waals surface area contributed by atoms with E-state index in [9.17, 15) is 5.11 Å². The minimum atomic E-state index is -0.630. The molecule has 100 valence electrons. The molecule has 1 aromatic carbocycles. The number of aliphatic hydroxyl groups is 1. The van der Waals surface area contributed by atoms with Gasteiger partial charge in [0.1, 0.15) is 5.75 Å². The minimum Gasteiger partial charge on any atom is -0.497 e. The fourth-order valence-corrected chi connectivity index (χ4v) is 2.84. The Labute approximate surface area is 116 Å². The third-order valence-electron chi connectivity index (χ3n) is 3.39. The number of benzene rings is 1. The second-order valence-corrected chi connectivity index (χ2v) is 5.70. The van der Waals surface area contributed by atoms with Crippen molar-refractivity contribution in [1.29, 1.82) is 0 Å². The van der Waals surface area contributed by atoms with Gasteiger partial charge in [0.05, 0.1) is 18.8 Å². The van der Waals surface area contributed by atoms with Gasteiger partial charge in [-0.05, 0) is 30.7 Å². The molecule has 0 aromatic heterocycles. The zero-order valence-electron chi connectivity index (χ0n) is 10.8. The summed E-state index contributed by atoms with van der Waals surface area (Å²) in [5, 5.41) is 10.4. The van der Waals surface area contributed by atoms with Crippen molar-refractivity contribution in [3.63, 3.8) is 0 Å². The Bertz CT molecular complexity index is 414. The fourth-order valence-electron chi connectivity index (χ4n) is 2.45. The lowest BCUT2D eigenvalue weighted by molar-refractivity contribution is -0.136. The van der Waals surface area contributed by atoms with Crippen molar-refractivity contribution < 1.29 is 14.6 Å². The molecule has 1 saturated carbocycles. The maximum absolute atomic E-state index is 10.4. The molecule has 0 spiro atoms. The molecule has 0 amide bonds. The van der Waals surface area contributed by atoms with Crippen LogP contribution in [-0.2, 0) is 11.2 Å². The molecule has 0 unspecified atom stereocenters. The second-order valence-electron chi connectivity index (χ2n) is 4.84. The third kappa shape index (κ3) is 3.05. The van der Waals surface area contributed by atoms with E-state index in [1.807, 2.05) is 25.1 Å². The van der Waals surface area contributed by atoms with Gasteiger partial charge in [-0.25, -0.2) is 0 Å². The summed E-state index contributed by atoms with van der Waals surface area (Å²) in [7, 11) is 1.65. The quantitative estimate of drug-likeness (QED) is 0.908. The molecular weight excluding hydrogens is 296 g/mol. The van der Waals surface area contributed by atoms with Gasteiger partial charge in [-0.2, -0.15) is 0 Å². The molecular formula is C14H19BrO3. The number of hydrogen-bond donors (Lipinski definition) is 1. The highest BCUT2D eigenvalue weighted by Gasteiger charge is 2.43. The van der Waals surface area contributed by atoms with Crippen LogP contribution in [0.1, 0.15) is 25.3 Å². The van der Waals surface area contributed by atoms with Crippen LogP contribution in [0.3, 0.4) is 0 Å². The molecule has 0 atom stereocenters. The Hall–Kier alpha value is -0.580. The Kier molecular flexibility index (Phi) is 4.30. The normalized spacial score (nSPS) is 26.8. The number of rotatable bonds is 5. The molecule has 2 rings (SSSR count). The summed E-state index contributed by atoms with van der Waals surface area (Å²) in [5.74, 6) is 0.817. The summed E-state index contributed by atoms with van der Waals surface area (Å²) < 4.78 is 11.7. The van der Waals surface area contributed by atoms with Crippen molar-refractivity contribution in [1.82, 2.24) is 0 Å². The van der Waals surface area contributed by atoms with Gasteiger partial charge in [-0.1, -0.05) is 15.9 Å². The lowest BCUT2D eigenvalue weighted by Crippen LogP contribution is -2.49. The average molecular weight is 315 g/mol.